The van der Waals surface area contributed by atoms with E-state index in [-0.39, 0.29) is 12.5 Å². The molecular formula is C24H18N2O3. The van der Waals surface area contributed by atoms with Crippen molar-refractivity contribution in [1.29, 1.82) is 0 Å². The number of benzene rings is 3. The number of hydrogen-bond donors (Lipinski definition) is 2. The first-order valence-electron chi connectivity index (χ1n) is 9.43. The van der Waals surface area contributed by atoms with Gasteiger partial charge in [0.15, 0.2) is 0 Å². The molecule has 5 heteroatoms. The summed E-state index contributed by atoms with van der Waals surface area (Å²) in [6.07, 6.45) is 0. The second-order valence-electron chi connectivity index (χ2n) is 7.14. The Labute approximate surface area is 167 Å². The van der Waals surface area contributed by atoms with Gasteiger partial charge in [0.05, 0.1) is 11.7 Å². The monoisotopic (exact) mass is 382 g/mol. The fourth-order valence-electron chi connectivity index (χ4n) is 4.27. The van der Waals surface area contributed by atoms with E-state index in [1.54, 1.807) is 6.07 Å². The summed E-state index contributed by atoms with van der Waals surface area (Å²) in [5.41, 5.74) is 5.16. The Hall–Kier alpha value is -3.86. The lowest BCUT2D eigenvalue weighted by Crippen LogP contribution is -2.34. The zero-order valence-electron chi connectivity index (χ0n) is 15.5. The lowest BCUT2D eigenvalue weighted by molar-refractivity contribution is -0.138. The van der Waals surface area contributed by atoms with Crippen LogP contribution >= 0.6 is 0 Å². The van der Waals surface area contributed by atoms with Gasteiger partial charge in [-0.05, 0) is 23.3 Å². The Morgan fingerprint density at radius 2 is 1.62 bits per heavy atom. The van der Waals surface area contributed by atoms with Crippen LogP contribution in [0.3, 0.4) is 0 Å². The molecule has 0 spiro atoms. The van der Waals surface area contributed by atoms with Crippen LogP contribution in [0.1, 0.15) is 27.5 Å². The van der Waals surface area contributed by atoms with Crippen LogP contribution in [0.15, 0.2) is 78.9 Å². The normalized spacial score (nSPS) is 15.7. The van der Waals surface area contributed by atoms with Crippen LogP contribution in [0.4, 0.5) is 0 Å². The van der Waals surface area contributed by atoms with Gasteiger partial charge in [-0.25, -0.2) is 0 Å². The number of aliphatic carboxylic acids is 1. The number of rotatable bonds is 4. The van der Waals surface area contributed by atoms with Gasteiger partial charge in [-0.1, -0.05) is 66.7 Å². The first-order chi connectivity index (χ1) is 14.1. The summed E-state index contributed by atoms with van der Waals surface area (Å²) >= 11 is 0. The molecular weight excluding hydrogens is 364 g/mol. The predicted octanol–water partition coefficient (Wildman–Crippen LogP) is 4.46. The molecule has 0 radical (unpaired) electrons. The number of amides is 1. The third-order valence-electron chi connectivity index (χ3n) is 5.45. The van der Waals surface area contributed by atoms with E-state index in [0.717, 1.165) is 33.3 Å². The second-order valence-corrected chi connectivity index (χ2v) is 7.14. The van der Waals surface area contributed by atoms with Gasteiger partial charge in [0, 0.05) is 22.0 Å². The van der Waals surface area contributed by atoms with E-state index < -0.39 is 12.0 Å². The summed E-state index contributed by atoms with van der Waals surface area (Å²) in [7, 11) is 0. The number of nitrogens with zero attached hydrogens (tertiary/aromatic N) is 1. The molecule has 1 atom stereocenters. The number of aromatic amines is 1. The van der Waals surface area contributed by atoms with Gasteiger partial charge >= 0.3 is 5.97 Å². The van der Waals surface area contributed by atoms with Crippen molar-refractivity contribution in [1.82, 2.24) is 9.88 Å². The highest BCUT2D eigenvalue weighted by molar-refractivity contribution is 6.03. The maximum absolute atomic E-state index is 13.1. The molecule has 0 saturated carbocycles. The highest BCUT2D eigenvalue weighted by atomic mass is 16.4. The summed E-state index contributed by atoms with van der Waals surface area (Å²) in [4.78, 5) is 29.6. The Morgan fingerprint density at radius 1 is 0.931 bits per heavy atom. The summed E-state index contributed by atoms with van der Waals surface area (Å²) in [5.74, 6) is -1.28. The quantitative estimate of drug-likeness (QED) is 0.547. The van der Waals surface area contributed by atoms with Crippen molar-refractivity contribution in [3.8, 4) is 11.3 Å². The van der Waals surface area contributed by atoms with Crippen LogP contribution in [0.2, 0.25) is 0 Å². The van der Waals surface area contributed by atoms with Gasteiger partial charge in [-0.3, -0.25) is 9.59 Å². The van der Waals surface area contributed by atoms with Crippen LogP contribution in [0.25, 0.3) is 22.2 Å². The third kappa shape index (κ3) is 2.70. The summed E-state index contributed by atoms with van der Waals surface area (Å²) in [6, 6.07) is 24.7. The molecule has 2 heterocycles. The molecule has 3 aromatic carbocycles. The van der Waals surface area contributed by atoms with E-state index in [2.05, 4.69) is 4.98 Å². The summed E-state index contributed by atoms with van der Waals surface area (Å²) in [5, 5.41) is 10.5. The SMILES string of the molecule is O=C(O)CN1C(=O)c2ccccc2[C@H]1c1c(-c2ccccc2)[nH]c2ccccc12. The number of aromatic nitrogens is 1. The molecule has 0 fully saturated rings. The number of carboxylic acid groups (broad SMARTS) is 1. The molecule has 0 aliphatic carbocycles. The Balaban J connectivity index is 1.82. The molecule has 1 aliphatic heterocycles. The van der Waals surface area contributed by atoms with E-state index in [9.17, 15) is 14.7 Å². The van der Waals surface area contributed by atoms with Crippen molar-refractivity contribution < 1.29 is 14.7 Å². The molecule has 5 rings (SSSR count). The number of nitrogens with one attached hydrogen (secondary N) is 1. The number of carbonyl (C=O) groups is 2. The fraction of sp³-hybridized carbons (Fsp3) is 0.0833. The van der Waals surface area contributed by atoms with Crippen molar-refractivity contribution in [3.63, 3.8) is 0 Å². The van der Waals surface area contributed by atoms with Gasteiger partial charge in [-0.15, -0.1) is 0 Å². The van der Waals surface area contributed by atoms with Crippen LogP contribution in [-0.2, 0) is 4.79 Å². The van der Waals surface area contributed by atoms with Gasteiger partial charge in [0.2, 0.25) is 0 Å². The zero-order chi connectivity index (χ0) is 20.0. The summed E-state index contributed by atoms with van der Waals surface area (Å²) < 4.78 is 0. The Kier molecular flexibility index (Phi) is 3.95. The second kappa shape index (κ2) is 6.63. The molecule has 0 saturated heterocycles. The standard InChI is InChI=1S/C24H18N2O3/c27-20(28)14-26-23(16-10-4-5-11-17(16)24(26)29)21-18-12-6-7-13-19(18)25-22(21)15-8-2-1-3-9-15/h1-13,23,25H,14H2,(H,27,28)/t23-/m0/s1. The average molecular weight is 382 g/mol. The average Bonchev–Trinajstić information content (AvgIpc) is 3.24. The molecule has 0 bridgehead atoms. The number of H-pyrrole nitrogens is 1. The maximum Gasteiger partial charge on any atom is 0.323 e. The van der Waals surface area contributed by atoms with E-state index in [0.29, 0.717) is 5.56 Å². The molecule has 142 valence electrons. The number of fused-ring (bicyclic) bond motifs is 2. The van der Waals surface area contributed by atoms with E-state index >= 15 is 0 Å². The van der Waals surface area contributed by atoms with Crippen LogP contribution in [0.5, 0.6) is 0 Å². The minimum Gasteiger partial charge on any atom is -0.480 e. The number of para-hydroxylation sites is 1. The minimum absolute atomic E-state index is 0.253. The maximum atomic E-state index is 13.1. The van der Waals surface area contributed by atoms with Gasteiger partial charge in [0.25, 0.3) is 5.91 Å². The third-order valence-corrected chi connectivity index (χ3v) is 5.45. The number of carboxylic acids is 1. The fourth-order valence-corrected chi connectivity index (χ4v) is 4.27. The van der Waals surface area contributed by atoms with E-state index in [4.69, 9.17) is 0 Å². The highest BCUT2D eigenvalue weighted by Gasteiger charge is 2.40. The Bertz CT molecular complexity index is 1240. The van der Waals surface area contributed by atoms with Crippen molar-refractivity contribution in [2.24, 2.45) is 0 Å². The molecule has 1 aromatic heterocycles. The highest BCUT2D eigenvalue weighted by Crippen LogP contribution is 2.45. The first-order valence-corrected chi connectivity index (χ1v) is 9.43. The number of hydrogen-bond acceptors (Lipinski definition) is 2. The summed E-state index contributed by atoms with van der Waals surface area (Å²) in [6.45, 7) is -0.355. The lowest BCUT2D eigenvalue weighted by atomic mass is 9.93. The molecule has 4 aromatic rings. The molecule has 5 nitrogen and oxygen atoms in total. The van der Waals surface area contributed by atoms with Crippen LogP contribution in [0, 0.1) is 0 Å². The molecule has 2 N–H and O–H groups in total. The van der Waals surface area contributed by atoms with Crippen LogP contribution < -0.4 is 0 Å². The molecule has 0 unspecified atom stereocenters. The minimum atomic E-state index is -1.03. The Morgan fingerprint density at radius 3 is 2.41 bits per heavy atom. The number of carbonyl (C=O) groups excluding carboxylic acids is 1. The molecule has 29 heavy (non-hydrogen) atoms. The molecule has 1 amide bonds. The van der Waals surface area contributed by atoms with Crippen molar-refractivity contribution in [2.45, 2.75) is 6.04 Å². The van der Waals surface area contributed by atoms with Crippen molar-refractivity contribution in [3.05, 3.63) is 95.6 Å². The van der Waals surface area contributed by atoms with Crippen molar-refractivity contribution >= 4 is 22.8 Å². The largest absolute Gasteiger partial charge is 0.480 e. The lowest BCUT2D eigenvalue weighted by Gasteiger charge is -2.25. The van der Waals surface area contributed by atoms with Crippen LogP contribution in [-0.4, -0.2) is 33.4 Å². The first kappa shape index (κ1) is 17.3. The smallest absolute Gasteiger partial charge is 0.323 e. The van der Waals surface area contributed by atoms with E-state index in [1.807, 2.05) is 72.8 Å². The van der Waals surface area contributed by atoms with Gasteiger partial charge in [0.1, 0.15) is 6.54 Å². The molecule has 1 aliphatic rings. The van der Waals surface area contributed by atoms with E-state index in [1.165, 1.54) is 4.90 Å². The predicted molar refractivity (Wildman–Crippen MR) is 111 cm³/mol. The zero-order valence-corrected chi connectivity index (χ0v) is 15.5. The van der Waals surface area contributed by atoms with Gasteiger partial charge in [-0.2, -0.15) is 0 Å². The van der Waals surface area contributed by atoms with Gasteiger partial charge < -0.3 is 15.0 Å². The topological polar surface area (TPSA) is 73.4 Å². The van der Waals surface area contributed by atoms with Crippen molar-refractivity contribution in [2.75, 3.05) is 6.54 Å².